The van der Waals surface area contributed by atoms with Crippen LogP contribution < -0.4 is 20.9 Å². The van der Waals surface area contributed by atoms with E-state index in [1.54, 1.807) is 12.1 Å². The summed E-state index contributed by atoms with van der Waals surface area (Å²) in [4.78, 5) is 58.0. The van der Waals surface area contributed by atoms with Gasteiger partial charge in [-0.1, -0.05) is 47.2 Å². The van der Waals surface area contributed by atoms with E-state index in [1.165, 1.54) is 23.6 Å². The average Bonchev–Trinajstić information content (AvgIpc) is 3.59. The number of nitrogens with zero attached hydrogens (tertiary/aromatic N) is 6. The zero-order chi connectivity index (χ0) is 36.4. The van der Waals surface area contributed by atoms with Crippen LogP contribution in [0.5, 0.6) is 0 Å². The molecule has 0 bridgehead atoms. The molecule has 0 saturated carbocycles. The van der Waals surface area contributed by atoms with Crippen molar-refractivity contribution in [2.45, 2.75) is 58.0 Å². The molecule has 52 heavy (non-hydrogen) atoms. The first kappa shape index (κ1) is 35.9. The van der Waals surface area contributed by atoms with Crippen molar-refractivity contribution in [2.24, 2.45) is 0 Å². The van der Waals surface area contributed by atoms with Gasteiger partial charge in [0.1, 0.15) is 28.2 Å². The average molecular weight is 746 g/mol. The van der Waals surface area contributed by atoms with Crippen LogP contribution in [0.2, 0.25) is 5.02 Å². The molecule has 7 rings (SSSR count). The Bertz CT molecular complexity index is 1960. The van der Waals surface area contributed by atoms with E-state index in [2.05, 4.69) is 40.6 Å². The van der Waals surface area contributed by atoms with Crippen LogP contribution >= 0.6 is 22.9 Å². The fourth-order valence-electron chi connectivity index (χ4n) is 7.24. The van der Waals surface area contributed by atoms with Gasteiger partial charge < -0.3 is 15.5 Å². The summed E-state index contributed by atoms with van der Waals surface area (Å²) in [6.45, 7) is 9.87. The van der Waals surface area contributed by atoms with Gasteiger partial charge in [-0.05, 0) is 56.4 Å². The Kier molecular flexibility index (Phi) is 10.8. The summed E-state index contributed by atoms with van der Waals surface area (Å²) in [5.74, 6) is 0.113. The molecule has 3 N–H and O–H groups in total. The lowest BCUT2D eigenvalue weighted by Gasteiger charge is -2.43. The molecule has 272 valence electrons. The standard InChI is InChI=1S/C37H41ClFN9O3S/c1-22-4-3-5-28(38)34(22)45-36(51)30-20-40-37(52-30)43-31-19-32(42-23(2)41-31)48-12-10-25(11-13-48)47-16-14-46(15-17-47)21-24-6-7-26(29(39)18-24)27-8-9-33(49)44-35(27)50/h3-7,18-20,25,27H,8-17,21H2,1-2H3,(H,45,51)(H,44,49,50)(H,40,41,42,43). The number of halogens is 2. The molecule has 4 aromatic rings. The molecule has 2 aromatic carbocycles. The first-order valence-electron chi connectivity index (χ1n) is 17.6. The SMILES string of the molecule is Cc1nc(Nc2ncc(C(=O)Nc3c(C)cccc3Cl)s2)cc(N2CCC(N3CCN(Cc4ccc(C5CCC(=O)NC5=O)c(F)c4)CC3)CC2)n1. The Hall–Kier alpha value is -4.50. The summed E-state index contributed by atoms with van der Waals surface area (Å²) in [5.41, 5.74) is 2.70. The molecule has 12 nitrogen and oxygen atoms in total. The molecule has 0 aliphatic carbocycles. The summed E-state index contributed by atoms with van der Waals surface area (Å²) >= 11 is 7.53. The normalized spacial score (nSPS) is 19.1. The molecule has 3 aliphatic heterocycles. The fraction of sp³-hybridized carbons (Fsp3) is 0.405. The number of benzene rings is 2. The molecule has 5 heterocycles. The van der Waals surface area contributed by atoms with Crippen LogP contribution in [-0.4, -0.2) is 87.8 Å². The molecule has 1 atom stereocenters. The quantitative estimate of drug-likeness (QED) is 0.185. The van der Waals surface area contributed by atoms with Crippen LogP contribution in [0.25, 0.3) is 0 Å². The van der Waals surface area contributed by atoms with E-state index in [1.807, 2.05) is 38.1 Å². The molecule has 2 aromatic heterocycles. The van der Waals surface area contributed by atoms with Crippen LogP contribution in [0.3, 0.4) is 0 Å². The molecular formula is C37H41ClFN9O3S. The van der Waals surface area contributed by atoms with Crippen LogP contribution in [0.15, 0.2) is 48.7 Å². The number of carbonyl (C=O) groups is 3. The van der Waals surface area contributed by atoms with Crippen molar-refractivity contribution in [3.63, 3.8) is 0 Å². The Labute approximate surface area is 310 Å². The highest BCUT2D eigenvalue weighted by atomic mass is 35.5. The lowest BCUT2D eigenvalue weighted by atomic mass is 9.89. The van der Waals surface area contributed by atoms with Gasteiger partial charge in [0.15, 0.2) is 5.13 Å². The molecule has 1 unspecified atom stereocenters. The van der Waals surface area contributed by atoms with Crippen LogP contribution in [0, 0.1) is 19.7 Å². The van der Waals surface area contributed by atoms with Crippen LogP contribution in [0.1, 0.15) is 63.8 Å². The van der Waals surface area contributed by atoms with Crippen molar-refractivity contribution in [3.8, 4) is 0 Å². The second kappa shape index (κ2) is 15.6. The van der Waals surface area contributed by atoms with Gasteiger partial charge in [-0.3, -0.25) is 29.5 Å². The predicted octanol–water partition coefficient (Wildman–Crippen LogP) is 5.65. The van der Waals surface area contributed by atoms with Crippen molar-refractivity contribution >= 4 is 63.1 Å². The number of piperazine rings is 1. The lowest BCUT2D eigenvalue weighted by molar-refractivity contribution is -0.134. The first-order chi connectivity index (χ1) is 25.1. The van der Waals surface area contributed by atoms with E-state index in [0.29, 0.717) is 56.9 Å². The predicted molar refractivity (Wildman–Crippen MR) is 200 cm³/mol. The summed E-state index contributed by atoms with van der Waals surface area (Å²) in [7, 11) is 0. The number of aromatic nitrogens is 3. The molecule has 0 radical (unpaired) electrons. The number of anilines is 4. The monoisotopic (exact) mass is 745 g/mol. The highest BCUT2D eigenvalue weighted by Crippen LogP contribution is 2.31. The number of thiazole rings is 1. The largest absolute Gasteiger partial charge is 0.356 e. The van der Waals surface area contributed by atoms with Gasteiger partial charge in [-0.15, -0.1) is 0 Å². The van der Waals surface area contributed by atoms with Crippen molar-refractivity contribution in [1.29, 1.82) is 0 Å². The summed E-state index contributed by atoms with van der Waals surface area (Å²) in [6.07, 6.45) is 4.15. The number of hydrogen-bond acceptors (Lipinski definition) is 11. The van der Waals surface area contributed by atoms with Crippen molar-refractivity contribution in [2.75, 3.05) is 54.8 Å². The molecule has 15 heteroatoms. The van der Waals surface area contributed by atoms with Gasteiger partial charge >= 0.3 is 0 Å². The van der Waals surface area contributed by atoms with E-state index in [-0.39, 0.29) is 24.1 Å². The van der Waals surface area contributed by atoms with Crippen molar-refractivity contribution < 1.29 is 18.8 Å². The number of amides is 3. The number of carbonyl (C=O) groups excluding carboxylic acids is 3. The minimum absolute atomic E-state index is 0.227. The molecule has 3 amide bonds. The van der Waals surface area contributed by atoms with Gasteiger partial charge in [-0.25, -0.2) is 19.3 Å². The van der Waals surface area contributed by atoms with Gasteiger partial charge in [0.2, 0.25) is 11.8 Å². The minimum Gasteiger partial charge on any atom is -0.356 e. The van der Waals surface area contributed by atoms with Crippen LogP contribution in [0.4, 0.5) is 26.8 Å². The second-order valence-electron chi connectivity index (χ2n) is 13.6. The smallest absolute Gasteiger partial charge is 0.267 e. The molecule has 0 spiro atoms. The third-order valence-electron chi connectivity index (χ3n) is 10.0. The summed E-state index contributed by atoms with van der Waals surface area (Å²) in [6, 6.07) is 13.0. The van der Waals surface area contributed by atoms with Gasteiger partial charge in [-0.2, -0.15) is 0 Å². The minimum atomic E-state index is -0.622. The Morgan fingerprint density at radius 1 is 1.02 bits per heavy atom. The van der Waals surface area contributed by atoms with E-state index in [9.17, 15) is 14.4 Å². The second-order valence-corrected chi connectivity index (χ2v) is 15.0. The highest BCUT2D eigenvalue weighted by molar-refractivity contribution is 7.17. The maximum absolute atomic E-state index is 15.0. The van der Waals surface area contributed by atoms with Crippen molar-refractivity contribution in [1.82, 2.24) is 30.1 Å². The molecule has 3 fully saturated rings. The number of nitrogens with one attached hydrogen (secondary N) is 3. The number of para-hydroxylation sites is 1. The topological polar surface area (TPSA) is 136 Å². The Morgan fingerprint density at radius 2 is 1.81 bits per heavy atom. The lowest BCUT2D eigenvalue weighted by Crippen LogP contribution is -2.53. The molecular weight excluding hydrogens is 705 g/mol. The fourth-order valence-corrected chi connectivity index (χ4v) is 8.22. The van der Waals surface area contributed by atoms with E-state index >= 15 is 4.39 Å². The summed E-state index contributed by atoms with van der Waals surface area (Å²) < 4.78 is 15.0. The van der Waals surface area contributed by atoms with Gasteiger partial charge in [0.25, 0.3) is 5.91 Å². The number of imide groups is 1. The maximum atomic E-state index is 15.0. The van der Waals surface area contributed by atoms with Crippen molar-refractivity contribution in [3.05, 3.63) is 86.9 Å². The number of hydrogen-bond donors (Lipinski definition) is 3. The zero-order valence-electron chi connectivity index (χ0n) is 29.1. The van der Waals surface area contributed by atoms with E-state index < -0.39 is 11.8 Å². The Balaban J connectivity index is 0.886. The number of piperidine rings is 2. The van der Waals surface area contributed by atoms with Gasteiger partial charge in [0, 0.05) is 69.9 Å². The third-order valence-corrected chi connectivity index (χ3v) is 11.3. The molecule has 3 saturated heterocycles. The van der Waals surface area contributed by atoms with Gasteiger partial charge in [0.05, 0.1) is 22.8 Å². The summed E-state index contributed by atoms with van der Waals surface area (Å²) in [5, 5.41) is 9.50. The number of aryl methyl sites for hydroxylation is 2. The first-order valence-corrected chi connectivity index (χ1v) is 18.8. The number of rotatable bonds is 9. The van der Waals surface area contributed by atoms with E-state index in [4.69, 9.17) is 16.6 Å². The molecule has 3 aliphatic rings. The van der Waals surface area contributed by atoms with Crippen LogP contribution in [-0.2, 0) is 16.1 Å². The maximum Gasteiger partial charge on any atom is 0.267 e. The Morgan fingerprint density at radius 3 is 2.54 bits per heavy atom. The zero-order valence-corrected chi connectivity index (χ0v) is 30.7. The third kappa shape index (κ3) is 8.25. The van der Waals surface area contributed by atoms with E-state index in [0.717, 1.165) is 69.1 Å². The highest BCUT2D eigenvalue weighted by Gasteiger charge is 2.31.